The van der Waals surface area contributed by atoms with Crippen LogP contribution in [0.2, 0.25) is 0 Å². The summed E-state index contributed by atoms with van der Waals surface area (Å²) < 4.78 is 0. The number of rotatable bonds is 0. The topological polar surface area (TPSA) is 0 Å². The Kier molecular flexibility index (Phi) is 14.2. The number of benzene rings is 4. The van der Waals surface area contributed by atoms with E-state index in [0.717, 1.165) is 12.8 Å². The van der Waals surface area contributed by atoms with Gasteiger partial charge in [0.1, 0.15) is 0 Å². The van der Waals surface area contributed by atoms with Gasteiger partial charge in [-0.05, 0) is 12.8 Å². The van der Waals surface area contributed by atoms with Crippen LogP contribution < -0.4 is 0 Å². The van der Waals surface area contributed by atoms with Crippen LogP contribution in [0.15, 0.2) is 84.9 Å². The fourth-order valence-corrected chi connectivity index (χ4v) is 4.00. The fourth-order valence-electron chi connectivity index (χ4n) is 4.00. The average molecular weight is 556 g/mol. The quantitative estimate of drug-likeness (QED) is 0.141. The van der Waals surface area contributed by atoms with Gasteiger partial charge in [-0.2, -0.15) is 59.7 Å². The van der Waals surface area contributed by atoms with Gasteiger partial charge in [-0.15, -0.1) is 35.9 Å². The van der Waals surface area contributed by atoms with Crippen LogP contribution in [0, 0.1) is 27.0 Å². The van der Waals surface area contributed by atoms with Crippen molar-refractivity contribution in [3.8, 4) is 22.3 Å². The van der Waals surface area contributed by atoms with Gasteiger partial charge in [-0.25, -0.2) is 0 Å². The summed E-state index contributed by atoms with van der Waals surface area (Å²) in [5, 5.41) is 0. The summed E-state index contributed by atoms with van der Waals surface area (Å²) in [7, 11) is 0. The molecule has 0 amide bonds. The molecule has 2 aliphatic rings. The minimum Gasteiger partial charge on any atom is -0.179 e. The van der Waals surface area contributed by atoms with E-state index in [1.807, 2.05) is 12.1 Å². The van der Waals surface area contributed by atoms with Gasteiger partial charge in [-0.3, -0.25) is 0 Å². The van der Waals surface area contributed by atoms with Crippen LogP contribution in [0.4, 0.5) is 0 Å². The van der Waals surface area contributed by atoms with Crippen LogP contribution in [-0.2, 0) is 30.5 Å². The van der Waals surface area contributed by atoms with Gasteiger partial charge in [-0.1, -0.05) is 70.8 Å². The largest absolute Gasteiger partial charge is 0.179 e. The molecule has 4 aromatic rings. The number of halogens is 2. The molecule has 0 N–H and O–H groups in total. The van der Waals surface area contributed by atoms with E-state index in [9.17, 15) is 0 Å². The Hall–Kier alpha value is -1.28. The standard InChI is InChI=1S/2C13H9.2CH3.2ClH.GeH2.Ti/c2*1-3-7-12-10(5-1)9-11-6-2-4-8-13(11)12;;;;;;/h2*1-5,7-8H,9H2;2*1H3;2*1H;1H2;/q4*-1;;;;. The summed E-state index contributed by atoms with van der Waals surface area (Å²) in [5.41, 5.74) is 11.0. The minimum absolute atomic E-state index is 0. The molecule has 2 aliphatic carbocycles. The van der Waals surface area contributed by atoms with Crippen molar-refractivity contribution in [2.45, 2.75) is 12.8 Å². The molecule has 32 heavy (non-hydrogen) atoms. The van der Waals surface area contributed by atoms with E-state index in [-0.39, 0.29) is 39.7 Å². The van der Waals surface area contributed by atoms with E-state index in [4.69, 9.17) is 0 Å². The zero-order chi connectivity index (χ0) is 19.3. The Labute approximate surface area is 223 Å². The van der Waals surface area contributed by atoms with E-state index in [1.165, 1.54) is 57.6 Å². The van der Waals surface area contributed by atoms with Crippen molar-refractivity contribution >= 4 is 37.9 Å². The van der Waals surface area contributed by atoms with Gasteiger partial charge in [0, 0.05) is 0 Å². The van der Waals surface area contributed by atoms with E-state index >= 15 is 0 Å². The SMILES string of the molecule is Cl.Cl.[CH3-].[CH3-].[Ti]=[GeH2].[c-]1cccc2c1Cc1ccccc1-2.[c-]1cccc2c1Cc1ccccc1-2. The molecule has 0 aliphatic heterocycles. The molecular formula is C28H28Cl2GeTi-4. The Morgan fingerprint density at radius 3 is 1.28 bits per heavy atom. The molecule has 0 unspecified atom stereocenters. The molecule has 0 radical (unpaired) electrons. The molecule has 0 saturated heterocycles. The first-order chi connectivity index (χ1) is 13.9. The van der Waals surface area contributed by atoms with E-state index in [0.29, 0.717) is 0 Å². The molecule has 0 fully saturated rings. The van der Waals surface area contributed by atoms with Crippen LogP contribution in [0.5, 0.6) is 0 Å². The molecule has 0 atom stereocenters. The molecule has 0 saturated carbocycles. The summed E-state index contributed by atoms with van der Waals surface area (Å²) >= 11 is 3.50. The second kappa shape index (κ2) is 14.8. The van der Waals surface area contributed by atoms with Gasteiger partial charge in [0.05, 0.1) is 0 Å². The summed E-state index contributed by atoms with van der Waals surface area (Å²) in [6.07, 6.45) is 2.10. The maximum absolute atomic E-state index is 3.30. The monoisotopic (exact) mass is 556 g/mol. The Morgan fingerprint density at radius 2 is 0.875 bits per heavy atom. The maximum atomic E-state index is 3.30. The first-order valence-electron chi connectivity index (χ1n) is 9.41. The number of fused-ring (bicyclic) bond motifs is 6. The van der Waals surface area contributed by atoms with Gasteiger partial charge >= 0.3 is 30.7 Å². The van der Waals surface area contributed by atoms with Crippen molar-refractivity contribution < 1.29 is 17.6 Å². The van der Waals surface area contributed by atoms with Gasteiger partial charge in [0.25, 0.3) is 0 Å². The predicted octanol–water partition coefficient (Wildman–Crippen LogP) is 6.94. The maximum Gasteiger partial charge on any atom is -0.0253 e. The predicted molar refractivity (Wildman–Crippen MR) is 143 cm³/mol. The van der Waals surface area contributed by atoms with Crippen LogP contribution in [0.25, 0.3) is 22.3 Å². The normalized spacial score (nSPS) is 10.1. The zero-order valence-electron chi connectivity index (χ0n) is 18.5. The van der Waals surface area contributed by atoms with Crippen LogP contribution in [-0.4, -0.2) is 13.1 Å². The second-order valence-corrected chi connectivity index (χ2v) is 6.79. The Balaban J connectivity index is 0.000000500. The first-order valence-corrected chi connectivity index (χ1v) is 16.6. The summed E-state index contributed by atoms with van der Waals surface area (Å²) in [6, 6.07) is 36.2. The van der Waals surface area contributed by atoms with Crippen molar-refractivity contribution in [2.75, 3.05) is 0 Å². The van der Waals surface area contributed by atoms with Gasteiger partial charge in [0.15, 0.2) is 0 Å². The molecule has 0 spiro atoms. The zero-order valence-corrected chi connectivity index (χ0v) is 24.7. The summed E-state index contributed by atoms with van der Waals surface area (Å²) in [5.74, 6) is 0. The van der Waals surface area contributed by atoms with Crippen molar-refractivity contribution in [3.63, 3.8) is 0 Å². The van der Waals surface area contributed by atoms with Gasteiger partial charge < -0.3 is 14.9 Å². The summed E-state index contributed by atoms with van der Waals surface area (Å²) in [6.45, 7) is 0. The van der Waals surface area contributed by atoms with Crippen molar-refractivity contribution in [1.82, 2.24) is 0 Å². The fraction of sp³-hybridized carbons (Fsp3) is 0.0714. The molecule has 0 aromatic heterocycles. The summed E-state index contributed by atoms with van der Waals surface area (Å²) in [4.78, 5) is 0. The molecule has 0 heterocycles. The van der Waals surface area contributed by atoms with Crippen LogP contribution >= 0.6 is 24.8 Å². The Morgan fingerprint density at radius 1 is 0.531 bits per heavy atom. The number of hydrogen-bond donors (Lipinski definition) is 0. The third-order valence-electron chi connectivity index (χ3n) is 5.23. The molecule has 4 aromatic carbocycles. The molecule has 4 heteroatoms. The second-order valence-electron chi connectivity index (χ2n) is 6.79. The third-order valence-corrected chi connectivity index (χ3v) is 5.23. The molecule has 0 bridgehead atoms. The smallest absolute Gasteiger partial charge is 0.0253 e. The van der Waals surface area contributed by atoms with Crippen molar-refractivity contribution in [1.29, 1.82) is 0 Å². The molecule has 166 valence electrons. The molecular weight excluding hydrogens is 528 g/mol. The van der Waals surface area contributed by atoms with Crippen molar-refractivity contribution in [2.24, 2.45) is 0 Å². The van der Waals surface area contributed by atoms with E-state index < -0.39 is 0 Å². The molecule has 0 nitrogen and oxygen atoms in total. The third kappa shape index (κ3) is 6.40. The van der Waals surface area contributed by atoms with E-state index in [1.54, 1.807) is 0 Å². The van der Waals surface area contributed by atoms with Crippen LogP contribution in [0.1, 0.15) is 22.3 Å². The van der Waals surface area contributed by atoms with Crippen molar-refractivity contribution in [3.05, 3.63) is 134 Å². The minimum atomic E-state index is 0. The van der Waals surface area contributed by atoms with E-state index in [2.05, 4.69) is 103 Å². The molecule has 6 rings (SSSR count). The van der Waals surface area contributed by atoms with Crippen LogP contribution in [0.3, 0.4) is 0 Å². The van der Waals surface area contributed by atoms with Gasteiger partial charge in [0.2, 0.25) is 0 Å². The average Bonchev–Trinajstić information content (AvgIpc) is 3.34. The Bertz CT molecular complexity index is 951. The first kappa shape index (κ1) is 30.7. The number of hydrogen-bond acceptors (Lipinski definition) is 0.